The van der Waals surface area contributed by atoms with Crippen LogP contribution in [0.3, 0.4) is 0 Å². The summed E-state index contributed by atoms with van der Waals surface area (Å²) in [6, 6.07) is 7.87. The zero-order valence-corrected chi connectivity index (χ0v) is 19.5. The molecule has 1 aliphatic heterocycles. The Morgan fingerprint density at radius 3 is 2.47 bits per heavy atom. The van der Waals surface area contributed by atoms with Crippen LogP contribution in [0, 0.1) is 13.8 Å². The molecule has 1 aromatic carbocycles. The highest BCUT2D eigenvalue weighted by Crippen LogP contribution is 2.30. The molecule has 0 unspecified atom stereocenters. The van der Waals surface area contributed by atoms with Gasteiger partial charge in [0.05, 0.1) is 5.39 Å². The van der Waals surface area contributed by atoms with Crippen LogP contribution in [0.2, 0.25) is 0 Å². The van der Waals surface area contributed by atoms with Gasteiger partial charge in [-0.15, -0.1) is 11.3 Å². The van der Waals surface area contributed by atoms with Gasteiger partial charge in [-0.05, 0) is 63.8 Å². The summed E-state index contributed by atoms with van der Waals surface area (Å²) in [6.45, 7) is 9.80. The number of hydrogen-bond donors (Lipinski definition) is 0. The largest absolute Gasteiger partial charge is 0.339 e. The van der Waals surface area contributed by atoms with Crippen molar-refractivity contribution >= 4 is 39.2 Å². The van der Waals surface area contributed by atoms with Crippen LogP contribution in [-0.2, 0) is 5.75 Å². The number of rotatable bonds is 5. The summed E-state index contributed by atoms with van der Waals surface area (Å²) in [5.74, 6) is 0.822. The van der Waals surface area contributed by atoms with Crippen LogP contribution in [0.15, 0.2) is 34.2 Å². The molecule has 0 aliphatic carbocycles. The zero-order valence-electron chi connectivity index (χ0n) is 17.9. The van der Waals surface area contributed by atoms with Gasteiger partial charge in [0.15, 0.2) is 5.16 Å². The summed E-state index contributed by atoms with van der Waals surface area (Å²) in [5.41, 5.74) is 2.94. The molecule has 0 atom stereocenters. The first kappa shape index (κ1) is 21.1. The molecule has 0 saturated carbocycles. The van der Waals surface area contributed by atoms with Crippen LogP contribution in [0.25, 0.3) is 10.2 Å². The maximum Gasteiger partial charge on any atom is 0.263 e. The van der Waals surface area contributed by atoms with Crippen molar-refractivity contribution in [2.24, 2.45) is 0 Å². The highest BCUT2D eigenvalue weighted by atomic mass is 32.2. The van der Waals surface area contributed by atoms with E-state index in [1.165, 1.54) is 0 Å². The quantitative estimate of drug-likeness (QED) is 0.404. The van der Waals surface area contributed by atoms with Gasteiger partial charge in [-0.1, -0.05) is 23.9 Å². The topological polar surface area (TPSA) is 55.2 Å². The number of fused-ring (bicyclic) bond motifs is 1. The van der Waals surface area contributed by atoms with E-state index in [4.69, 9.17) is 4.98 Å². The molecule has 0 radical (unpaired) electrons. The lowest BCUT2D eigenvalue weighted by atomic mass is 10.1. The first-order valence-electron chi connectivity index (χ1n) is 10.4. The Morgan fingerprint density at radius 2 is 1.83 bits per heavy atom. The Labute approximate surface area is 185 Å². The van der Waals surface area contributed by atoms with Crippen molar-refractivity contribution in [3.63, 3.8) is 0 Å². The number of nitrogens with zero attached hydrogens (tertiary/aromatic N) is 3. The van der Waals surface area contributed by atoms with Crippen LogP contribution < -0.4 is 5.56 Å². The van der Waals surface area contributed by atoms with Gasteiger partial charge in [-0.2, -0.15) is 0 Å². The van der Waals surface area contributed by atoms with Gasteiger partial charge in [-0.3, -0.25) is 14.2 Å². The van der Waals surface area contributed by atoms with Crippen molar-refractivity contribution < 1.29 is 4.79 Å². The molecule has 5 nitrogen and oxygen atoms in total. The minimum atomic E-state index is 0.0389. The van der Waals surface area contributed by atoms with E-state index in [-0.39, 0.29) is 17.5 Å². The van der Waals surface area contributed by atoms with Gasteiger partial charge >= 0.3 is 0 Å². The van der Waals surface area contributed by atoms with Crippen molar-refractivity contribution in [2.75, 3.05) is 13.1 Å². The molecule has 7 heteroatoms. The van der Waals surface area contributed by atoms with E-state index >= 15 is 0 Å². The van der Waals surface area contributed by atoms with Crippen molar-refractivity contribution in [2.45, 2.75) is 57.5 Å². The Morgan fingerprint density at radius 1 is 1.17 bits per heavy atom. The second-order valence-electron chi connectivity index (χ2n) is 8.11. The van der Waals surface area contributed by atoms with E-state index < -0.39 is 0 Å². The van der Waals surface area contributed by atoms with Gasteiger partial charge in [-0.25, -0.2) is 4.98 Å². The lowest BCUT2D eigenvalue weighted by Gasteiger charge is -2.16. The Hall–Kier alpha value is -2.12. The molecule has 3 heterocycles. The third kappa shape index (κ3) is 3.93. The second kappa shape index (κ2) is 8.55. The number of carbonyl (C=O) groups excluding carboxylic acids is 1. The highest BCUT2D eigenvalue weighted by Gasteiger charge is 2.20. The Balaban J connectivity index is 1.56. The fourth-order valence-corrected chi connectivity index (χ4v) is 5.99. The molecule has 0 spiro atoms. The summed E-state index contributed by atoms with van der Waals surface area (Å²) in [6.07, 6.45) is 2.19. The monoisotopic (exact) mass is 441 g/mol. The predicted molar refractivity (Wildman–Crippen MR) is 125 cm³/mol. The van der Waals surface area contributed by atoms with E-state index in [0.29, 0.717) is 5.75 Å². The number of hydrogen-bond acceptors (Lipinski definition) is 5. The first-order valence-corrected chi connectivity index (χ1v) is 12.2. The van der Waals surface area contributed by atoms with Crippen LogP contribution in [-0.4, -0.2) is 33.4 Å². The number of benzene rings is 1. The molecule has 1 aliphatic rings. The van der Waals surface area contributed by atoms with Gasteiger partial charge in [0.25, 0.3) is 11.5 Å². The Kier molecular flexibility index (Phi) is 6.02. The average Bonchev–Trinajstić information content (AvgIpc) is 3.35. The summed E-state index contributed by atoms with van der Waals surface area (Å²) in [7, 11) is 0. The molecule has 0 N–H and O–H groups in total. The molecule has 1 amide bonds. The summed E-state index contributed by atoms with van der Waals surface area (Å²) in [5, 5.41) is 1.50. The number of likely N-dealkylation sites (tertiary alicyclic amines) is 1. The van der Waals surface area contributed by atoms with E-state index in [9.17, 15) is 9.59 Å². The third-order valence-electron chi connectivity index (χ3n) is 5.68. The maximum atomic E-state index is 13.2. The maximum absolute atomic E-state index is 13.2. The lowest BCUT2D eigenvalue weighted by molar-refractivity contribution is 0.0793. The van der Waals surface area contributed by atoms with Crippen molar-refractivity contribution in [3.8, 4) is 0 Å². The summed E-state index contributed by atoms with van der Waals surface area (Å²) >= 11 is 3.16. The van der Waals surface area contributed by atoms with Crippen molar-refractivity contribution in [1.82, 2.24) is 14.5 Å². The van der Waals surface area contributed by atoms with Gasteiger partial charge in [0.2, 0.25) is 0 Å². The van der Waals surface area contributed by atoms with E-state index in [2.05, 4.69) is 0 Å². The van der Waals surface area contributed by atoms with Crippen LogP contribution >= 0.6 is 23.1 Å². The molecule has 0 bridgehead atoms. The van der Waals surface area contributed by atoms with Crippen molar-refractivity contribution in [1.29, 1.82) is 0 Å². The summed E-state index contributed by atoms with van der Waals surface area (Å²) in [4.78, 5) is 34.4. The van der Waals surface area contributed by atoms with Gasteiger partial charge < -0.3 is 4.90 Å². The smallest absolute Gasteiger partial charge is 0.263 e. The Bertz CT molecular complexity index is 1140. The fraction of sp³-hybridized carbons (Fsp3) is 0.435. The average molecular weight is 442 g/mol. The SMILES string of the molecule is Cc1sc2nc(SCc3ccc(C(=O)N4CCCC4)cc3)n(C(C)C)c(=O)c2c1C. The second-order valence-corrected chi connectivity index (χ2v) is 10.3. The number of aromatic nitrogens is 2. The van der Waals surface area contributed by atoms with E-state index in [1.807, 2.05) is 56.9 Å². The number of amides is 1. The normalized spacial score (nSPS) is 14.2. The molecule has 158 valence electrons. The minimum absolute atomic E-state index is 0.0389. The van der Waals surface area contributed by atoms with Gasteiger partial charge in [0.1, 0.15) is 4.83 Å². The third-order valence-corrected chi connectivity index (χ3v) is 7.81. The molecular formula is C23H27N3O2S2. The van der Waals surface area contributed by atoms with Crippen LogP contribution in [0.5, 0.6) is 0 Å². The number of carbonyl (C=O) groups is 1. The number of aryl methyl sites for hydroxylation is 2. The highest BCUT2D eigenvalue weighted by molar-refractivity contribution is 7.98. The van der Waals surface area contributed by atoms with Crippen molar-refractivity contribution in [3.05, 3.63) is 56.2 Å². The van der Waals surface area contributed by atoms with E-state index in [1.54, 1.807) is 27.7 Å². The lowest BCUT2D eigenvalue weighted by Crippen LogP contribution is -2.27. The molecule has 30 heavy (non-hydrogen) atoms. The standard InChI is InChI=1S/C23H27N3O2S2/c1-14(2)26-22(28)19-15(3)16(4)30-20(19)24-23(26)29-13-17-7-9-18(10-8-17)21(27)25-11-5-6-12-25/h7-10,14H,5-6,11-13H2,1-4H3. The van der Waals surface area contributed by atoms with Crippen LogP contribution in [0.1, 0.15) is 59.1 Å². The molecule has 1 saturated heterocycles. The molecule has 1 fully saturated rings. The summed E-state index contributed by atoms with van der Waals surface area (Å²) < 4.78 is 1.80. The number of thioether (sulfide) groups is 1. The molecule has 2 aromatic heterocycles. The molecule has 4 rings (SSSR count). The van der Waals surface area contributed by atoms with E-state index in [0.717, 1.165) is 62.9 Å². The number of thiophene rings is 1. The minimum Gasteiger partial charge on any atom is -0.339 e. The first-order chi connectivity index (χ1) is 14.4. The predicted octanol–water partition coefficient (Wildman–Crippen LogP) is 5.18. The molecule has 3 aromatic rings. The van der Waals surface area contributed by atoms with Crippen LogP contribution in [0.4, 0.5) is 0 Å². The van der Waals surface area contributed by atoms with Gasteiger partial charge in [0, 0.05) is 35.3 Å². The molecular weight excluding hydrogens is 414 g/mol. The zero-order chi connectivity index (χ0) is 21.4. The fourth-order valence-electron chi connectivity index (χ4n) is 3.84.